The molecule has 0 aliphatic heterocycles. The van der Waals surface area contributed by atoms with Gasteiger partial charge < -0.3 is 10.1 Å². The maximum Gasteiger partial charge on any atom is 0.123 e. The van der Waals surface area contributed by atoms with Gasteiger partial charge in [-0.05, 0) is 42.4 Å². The summed E-state index contributed by atoms with van der Waals surface area (Å²) < 4.78 is 6.34. The molecule has 0 amide bonds. The molecule has 0 aromatic heterocycles. The molecule has 0 aliphatic rings. The molecule has 0 radical (unpaired) electrons. The maximum atomic E-state index is 6.34. The fourth-order valence-electron chi connectivity index (χ4n) is 3.84. The van der Waals surface area contributed by atoms with Crippen molar-refractivity contribution in [2.45, 2.75) is 45.0 Å². The molecular weight excluding hydrogens is 373 g/mol. The van der Waals surface area contributed by atoms with Gasteiger partial charge in [0.1, 0.15) is 12.4 Å². The molecule has 3 aromatic rings. The number of ether oxygens (including phenoxy) is 1. The molecule has 1 N–H and O–H groups in total. The van der Waals surface area contributed by atoms with Crippen LogP contribution in [0.25, 0.3) is 0 Å². The summed E-state index contributed by atoms with van der Waals surface area (Å²) in [5.41, 5.74) is 3.92. The highest BCUT2D eigenvalue weighted by molar-refractivity contribution is 7.48. The summed E-state index contributed by atoms with van der Waals surface area (Å²) in [7, 11) is 2.71. The lowest BCUT2D eigenvalue weighted by Crippen LogP contribution is -2.24. The van der Waals surface area contributed by atoms with Crippen LogP contribution in [0.5, 0.6) is 5.75 Å². The van der Waals surface area contributed by atoms with E-state index >= 15 is 0 Å². The molecule has 152 valence electrons. The van der Waals surface area contributed by atoms with Gasteiger partial charge in [0, 0.05) is 17.3 Å². The van der Waals surface area contributed by atoms with Crippen LogP contribution in [0.3, 0.4) is 0 Å². The van der Waals surface area contributed by atoms with E-state index in [1.165, 1.54) is 22.0 Å². The van der Waals surface area contributed by atoms with E-state index < -0.39 is 0 Å². The van der Waals surface area contributed by atoms with E-state index in [-0.39, 0.29) is 5.16 Å². The van der Waals surface area contributed by atoms with E-state index in [1.54, 1.807) is 0 Å². The van der Waals surface area contributed by atoms with Crippen LogP contribution in [0.1, 0.15) is 43.4 Å². The predicted molar refractivity (Wildman–Crippen MR) is 127 cm³/mol. The van der Waals surface area contributed by atoms with Crippen molar-refractivity contribution in [1.29, 1.82) is 0 Å². The lowest BCUT2D eigenvalue weighted by Gasteiger charge is -2.34. The Balaban J connectivity index is 1.92. The summed E-state index contributed by atoms with van der Waals surface area (Å²) in [6, 6.07) is 27.9. The molecule has 1 atom stereocenters. The Morgan fingerprint density at radius 3 is 2.21 bits per heavy atom. The maximum absolute atomic E-state index is 6.34. The molecule has 2 nitrogen and oxygen atoms in total. The first kappa shape index (κ1) is 21.6. The third kappa shape index (κ3) is 5.26. The van der Waals surface area contributed by atoms with Crippen LogP contribution in [0.4, 0.5) is 0 Å². The van der Waals surface area contributed by atoms with E-state index in [4.69, 9.17) is 4.74 Å². The second-order valence-corrected chi connectivity index (χ2v) is 9.12. The van der Waals surface area contributed by atoms with Crippen molar-refractivity contribution in [3.63, 3.8) is 0 Å². The molecule has 0 saturated heterocycles. The summed E-state index contributed by atoms with van der Waals surface area (Å²) >= 11 is 0. The fraction of sp³-hybridized carbons (Fsp3) is 0.308. The Bertz CT molecular complexity index is 890. The van der Waals surface area contributed by atoms with Crippen LogP contribution < -0.4 is 15.4 Å². The average molecular weight is 406 g/mol. The minimum Gasteiger partial charge on any atom is -0.489 e. The second-order valence-electron chi connectivity index (χ2n) is 7.37. The number of hydrogen-bond acceptors (Lipinski definition) is 2. The number of hydrogen-bond donors (Lipinski definition) is 1. The van der Waals surface area contributed by atoms with Gasteiger partial charge in [0.05, 0.1) is 0 Å². The van der Waals surface area contributed by atoms with Gasteiger partial charge in [-0.15, -0.1) is 0 Å². The normalized spacial score (nSPS) is 11.8. The van der Waals surface area contributed by atoms with E-state index in [9.17, 15) is 0 Å². The first-order valence-corrected chi connectivity index (χ1v) is 11.5. The van der Waals surface area contributed by atoms with E-state index in [1.807, 2.05) is 13.1 Å². The van der Waals surface area contributed by atoms with Crippen LogP contribution in [0.15, 0.2) is 78.9 Å². The molecule has 0 bridgehead atoms. The van der Waals surface area contributed by atoms with Crippen LogP contribution >= 0.6 is 8.58 Å². The monoisotopic (exact) mass is 405 g/mol. The second kappa shape index (κ2) is 10.6. The minimum absolute atomic E-state index is 0.0805. The van der Waals surface area contributed by atoms with Gasteiger partial charge in [-0.2, -0.15) is 0 Å². The lowest BCUT2D eigenvalue weighted by molar-refractivity contribution is 0.298. The number of para-hydroxylation sites is 1. The van der Waals surface area contributed by atoms with Crippen molar-refractivity contribution in [2.75, 3.05) is 7.05 Å². The van der Waals surface area contributed by atoms with Crippen LogP contribution in [0.2, 0.25) is 0 Å². The summed E-state index contributed by atoms with van der Waals surface area (Å²) in [6.07, 6.45) is 2.17. The largest absolute Gasteiger partial charge is 0.489 e. The summed E-state index contributed by atoms with van der Waals surface area (Å²) in [4.78, 5) is 0. The minimum atomic E-state index is 0.0805. The van der Waals surface area contributed by atoms with E-state index in [0.29, 0.717) is 15.2 Å². The molecule has 0 spiro atoms. The summed E-state index contributed by atoms with van der Waals surface area (Å²) in [5, 5.41) is 4.84. The Hall–Kier alpha value is -2.15. The highest BCUT2D eigenvalue weighted by atomic mass is 31.1. The SMILES string of the molecule is CCC(CC)(Pc1ccccc1CNC)c1ccccc1OCc1ccccc1. The third-order valence-electron chi connectivity index (χ3n) is 5.61. The zero-order valence-corrected chi connectivity index (χ0v) is 18.7. The van der Waals surface area contributed by atoms with Crippen molar-refractivity contribution in [3.05, 3.63) is 95.6 Å². The fourth-order valence-corrected chi connectivity index (χ4v) is 5.56. The first-order chi connectivity index (χ1) is 14.2. The van der Waals surface area contributed by atoms with Crippen molar-refractivity contribution in [2.24, 2.45) is 0 Å². The number of benzene rings is 3. The van der Waals surface area contributed by atoms with Crippen molar-refractivity contribution in [3.8, 4) is 5.75 Å². The third-order valence-corrected chi connectivity index (χ3v) is 7.82. The number of nitrogens with one attached hydrogen (secondary N) is 1. The van der Waals surface area contributed by atoms with Gasteiger partial charge in [0.2, 0.25) is 0 Å². The van der Waals surface area contributed by atoms with Gasteiger partial charge in [-0.1, -0.05) is 95.2 Å². The molecule has 3 aromatic carbocycles. The Morgan fingerprint density at radius 2 is 1.48 bits per heavy atom. The molecule has 0 aliphatic carbocycles. The summed E-state index contributed by atoms with van der Waals surface area (Å²) in [6.45, 7) is 6.12. The quantitative estimate of drug-likeness (QED) is 0.418. The van der Waals surface area contributed by atoms with Gasteiger partial charge in [0.15, 0.2) is 0 Å². The van der Waals surface area contributed by atoms with Gasteiger partial charge >= 0.3 is 0 Å². The highest BCUT2D eigenvalue weighted by Gasteiger charge is 2.32. The smallest absolute Gasteiger partial charge is 0.123 e. The Kier molecular flexibility index (Phi) is 7.86. The van der Waals surface area contributed by atoms with Crippen molar-refractivity contribution < 1.29 is 4.74 Å². The molecule has 3 heteroatoms. The predicted octanol–water partition coefficient (Wildman–Crippen LogP) is 6.00. The topological polar surface area (TPSA) is 21.3 Å². The van der Waals surface area contributed by atoms with E-state index in [0.717, 1.165) is 25.1 Å². The molecule has 0 saturated carbocycles. The lowest BCUT2D eigenvalue weighted by atomic mass is 9.92. The molecular formula is C26H32NOP. The molecule has 0 fully saturated rings. The van der Waals surface area contributed by atoms with Crippen LogP contribution in [-0.4, -0.2) is 7.05 Å². The Labute approximate surface area is 177 Å². The average Bonchev–Trinajstić information content (AvgIpc) is 2.78. The standard InChI is InChI=1S/C26H32NOP/c1-4-26(5-2,29-25-18-12-9-15-22(25)19-27-3)23-16-10-11-17-24(23)28-20-21-13-7-6-8-14-21/h6-18,27,29H,4-5,19-20H2,1-3H3. The van der Waals surface area contributed by atoms with Crippen molar-refractivity contribution in [1.82, 2.24) is 5.32 Å². The molecule has 3 rings (SSSR count). The zero-order valence-electron chi connectivity index (χ0n) is 17.7. The molecule has 29 heavy (non-hydrogen) atoms. The van der Waals surface area contributed by atoms with Crippen LogP contribution in [-0.2, 0) is 18.3 Å². The molecule has 0 heterocycles. The van der Waals surface area contributed by atoms with Gasteiger partial charge in [-0.25, -0.2) is 0 Å². The molecule has 1 unspecified atom stereocenters. The van der Waals surface area contributed by atoms with E-state index in [2.05, 4.69) is 92.0 Å². The van der Waals surface area contributed by atoms with Crippen LogP contribution in [0, 0.1) is 0 Å². The zero-order chi connectivity index (χ0) is 20.5. The van der Waals surface area contributed by atoms with Gasteiger partial charge in [0.25, 0.3) is 0 Å². The number of rotatable bonds is 10. The first-order valence-electron chi connectivity index (χ1n) is 10.5. The van der Waals surface area contributed by atoms with Gasteiger partial charge in [-0.3, -0.25) is 0 Å². The summed E-state index contributed by atoms with van der Waals surface area (Å²) in [5.74, 6) is 1.01. The highest BCUT2D eigenvalue weighted by Crippen LogP contribution is 2.50. The van der Waals surface area contributed by atoms with Crippen molar-refractivity contribution >= 4 is 13.9 Å². The Morgan fingerprint density at radius 1 is 0.828 bits per heavy atom.